The Balaban J connectivity index is 2.07. The van der Waals surface area contributed by atoms with E-state index in [1.165, 1.54) is 6.08 Å². The van der Waals surface area contributed by atoms with Gasteiger partial charge in [-0.25, -0.2) is 4.79 Å². The van der Waals surface area contributed by atoms with Crippen LogP contribution in [-0.4, -0.2) is 19.7 Å². The number of benzene rings is 2. The number of hydrogen-bond donors (Lipinski definition) is 0. The van der Waals surface area contributed by atoms with Gasteiger partial charge in [-0.3, -0.25) is 0 Å². The van der Waals surface area contributed by atoms with Crippen LogP contribution >= 0.6 is 0 Å². The average Bonchev–Trinajstić information content (AvgIpc) is 2.52. The van der Waals surface area contributed by atoms with Gasteiger partial charge in [0.05, 0.1) is 13.7 Å². The number of methoxy groups -OCH3 is 1. The quantitative estimate of drug-likeness (QED) is 0.453. The van der Waals surface area contributed by atoms with Gasteiger partial charge in [0.1, 0.15) is 5.75 Å². The highest BCUT2D eigenvalue weighted by Gasteiger charge is 1.99. The van der Waals surface area contributed by atoms with Gasteiger partial charge < -0.3 is 9.47 Å². The highest BCUT2D eigenvalue weighted by atomic mass is 16.5. The average molecular weight is 284 g/mol. The predicted molar refractivity (Wildman–Crippen MR) is 85.4 cm³/mol. The van der Waals surface area contributed by atoms with Crippen molar-refractivity contribution in [3.05, 3.63) is 48.0 Å². The molecule has 0 aliphatic rings. The van der Waals surface area contributed by atoms with Crippen molar-refractivity contribution in [3.63, 3.8) is 0 Å². The smallest absolute Gasteiger partial charge is 0.330 e. The van der Waals surface area contributed by atoms with Crippen LogP contribution in [0.3, 0.4) is 0 Å². The second-order valence-electron chi connectivity index (χ2n) is 4.83. The van der Waals surface area contributed by atoms with Crippen LogP contribution in [0, 0.1) is 0 Å². The van der Waals surface area contributed by atoms with E-state index in [1.54, 1.807) is 13.2 Å². The fraction of sp³-hybridized carbons (Fsp3) is 0.278. The molecular weight excluding hydrogens is 264 g/mol. The zero-order valence-corrected chi connectivity index (χ0v) is 12.5. The Morgan fingerprint density at radius 1 is 1.14 bits per heavy atom. The van der Waals surface area contributed by atoms with Crippen molar-refractivity contribution in [2.24, 2.45) is 0 Å². The second kappa shape index (κ2) is 7.48. The third-order valence-corrected chi connectivity index (χ3v) is 3.23. The number of esters is 1. The maximum atomic E-state index is 11.5. The van der Waals surface area contributed by atoms with E-state index in [1.807, 2.05) is 36.4 Å². The van der Waals surface area contributed by atoms with Crippen molar-refractivity contribution >= 4 is 22.8 Å². The van der Waals surface area contributed by atoms with Crippen molar-refractivity contribution in [2.75, 3.05) is 13.7 Å². The van der Waals surface area contributed by atoms with Crippen molar-refractivity contribution < 1.29 is 14.3 Å². The molecule has 2 aromatic rings. The van der Waals surface area contributed by atoms with Gasteiger partial charge in [-0.1, -0.05) is 31.5 Å². The molecule has 110 valence electrons. The lowest BCUT2D eigenvalue weighted by Crippen LogP contribution is -2.01. The number of ether oxygens (including phenoxy) is 2. The minimum absolute atomic E-state index is 0.293. The number of unbranched alkanes of at least 4 members (excludes halogenated alkanes) is 1. The van der Waals surface area contributed by atoms with Crippen molar-refractivity contribution in [3.8, 4) is 5.75 Å². The molecule has 0 N–H and O–H groups in total. The van der Waals surface area contributed by atoms with Gasteiger partial charge in [0.2, 0.25) is 0 Å². The van der Waals surface area contributed by atoms with Crippen LogP contribution < -0.4 is 4.74 Å². The Kier molecular flexibility index (Phi) is 5.38. The number of fused-ring (bicyclic) bond motifs is 1. The first kappa shape index (κ1) is 15.1. The van der Waals surface area contributed by atoms with Crippen molar-refractivity contribution in [1.82, 2.24) is 0 Å². The Hall–Kier alpha value is -2.29. The number of carbonyl (C=O) groups excluding carboxylic acids is 1. The van der Waals surface area contributed by atoms with Crippen LogP contribution in [0.1, 0.15) is 25.3 Å². The molecule has 0 aromatic heterocycles. The summed E-state index contributed by atoms with van der Waals surface area (Å²) in [5, 5.41) is 2.22. The largest absolute Gasteiger partial charge is 0.497 e. The van der Waals surface area contributed by atoms with Gasteiger partial charge in [0, 0.05) is 6.08 Å². The molecule has 0 atom stereocenters. The Bertz CT molecular complexity index is 644. The number of carbonyl (C=O) groups is 1. The SMILES string of the molecule is CCCCOC(=O)C=Cc1ccc2cc(OC)ccc2c1. The van der Waals surface area contributed by atoms with E-state index >= 15 is 0 Å². The molecule has 0 saturated heterocycles. The van der Waals surface area contributed by atoms with Crippen LogP contribution in [0.15, 0.2) is 42.5 Å². The molecule has 0 amide bonds. The minimum atomic E-state index is -0.293. The summed E-state index contributed by atoms with van der Waals surface area (Å²) in [6.07, 6.45) is 5.17. The summed E-state index contributed by atoms with van der Waals surface area (Å²) in [5.41, 5.74) is 0.972. The molecule has 0 radical (unpaired) electrons. The van der Waals surface area contributed by atoms with Crippen LogP contribution in [0.25, 0.3) is 16.8 Å². The van der Waals surface area contributed by atoms with Crippen LogP contribution in [0.2, 0.25) is 0 Å². The summed E-state index contributed by atoms with van der Waals surface area (Å²) in [6.45, 7) is 2.55. The Morgan fingerprint density at radius 3 is 2.67 bits per heavy atom. The molecule has 0 unspecified atom stereocenters. The zero-order chi connectivity index (χ0) is 15.1. The summed E-state index contributed by atoms with van der Waals surface area (Å²) < 4.78 is 10.3. The van der Waals surface area contributed by atoms with Gasteiger partial charge in [-0.05, 0) is 47.0 Å². The third kappa shape index (κ3) is 4.35. The molecule has 0 spiro atoms. The monoisotopic (exact) mass is 284 g/mol. The lowest BCUT2D eigenvalue weighted by molar-refractivity contribution is -0.137. The molecule has 0 aliphatic heterocycles. The minimum Gasteiger partial charge on any atom is -0.497 e. The summed E-state index contributed by atoms with van der Waals surface area (Å²) in [5.74, 6) is 0.545. The first-order valence-electron chi connectivity index (χ1n) is 7.15. The van der Waals surface area contributed by atoms with Gasteiger partial charge in [0.15, 0.2) is 0 Å². The van der Waals surface area contributed by atoms with E-state index < -0.39 is 0 Å². The molecule has 0 fully saturated rings. The fourth-order valence-corrected chi connectivity index (χ4v) is 2.00. The Labute approximate surface area is 125 Å². The first-order chi connectivity index (χ1) is 10.2. The number of rotatable bonds is 6. The van der Waals surface area contributed by atoms with Gasteiger partial charge in [0.25, 0.3) is 0 Å². The maximum Gasteiger partial charge on any atom is 0.330 e. The first-order valence-corrected chi connectivity index (χ1v) is 7.15. The standard InChI is InChI=1S/C18H20O3/c1-3-4-11-21-18(19)10-6-14-5-7-16-13-17(20-2)9-8-15(16)12-14/h5-10,12-13H,3-4,11H2,1-2H3. The molecule has 0 aliphatic carbocycles. The molecule has 21 heavy (non-hydrogen) atoms. The summed E-state index contributed by atoms with van der Waals surface area (Å²) >= 11 is 0. The van der Waals surface area contributed by atoms with Gasteiger partial charge in [-0.2, -0.15) is 0 Å². The molecule has 3 nitrogen and oxygen atoms in total. The highest BCUT2D eigenvalue weighted by Crippen LogP contribution is 2.22. The van der Waals surface area contributed by atoms with Crippen molar-refractivity contribution in [2.45, 2.75) is 19.8 Å². The van der Waals surface area contributed by atoms with Gasteiger partial charge in [-0.15, -0.1) is 0 Å². The summed E-state index contributed by atoms with van der Waals surface area (Å²) in [6, 6.07) is 11.9. The van der Waals surface area contributed by atoms with E-state index in [2.05, 4.69) is 6.92 Å². The summed E-state index contributed by atoms with van der Waals surface area (Å²) in [7, 11) is 1.66. The van der Waals surface area contributed by atoms with E-state index in [9.17, 15) is 4.79 Å². The zero-order valence-electron chi connectivity index (χ0n) is 12.5. The molecule has 3 heteroatoms. The topological polar surface area (TPSA) is 35.5 Å². The predicted octanol–water partition coefficient (Wildman–Crippen LogP) is 4.20. The maximum absolute atomic E-state index is 11.5. The lowest BCUT2D eigenvalue weighted by Gasteiger charge is -2.03. The molecular formula is C18H20O3. The molecule has 0 heterocycles. The fourth-order valence-electron chi connectivity index (χ4n) is 2.00. The molecule has 2 rings (SSSR count). The number of hydrogen-bond acceptors (Lipinski definition) is 3. The van der Waals surface area contributed by atoms with E-state index in [0.717, 1.165) is 34.9 Å². The van der Waals surface area contributed by atoms with Crippen molar-refractivity contribution in [1.29, 1.82) is 0 Å². The highest BCUT2D eigenvalue weighted by molar-refractivity contribution is 5.90. The second-order valence-corrected chi connectivity index (χ2v) is 4.83. The lowest BCUT2D eigenvalue weighted by atomic mass is 10.1. The third-order valence-electron chi connectivity index (χ3n) is 3.23. The van der Waals surface area contributed by atoms with E-state index in [0.29, 0.717) is 6.61 Å². The molecule has 0 saturated carbocycles. The van der Waals surface area contributed by atoms with E-state index in [-0.39, 0.29) is 5.97 Å². The van der Waals surface area contributed by atoms with E-state index in [4.69, 9.17) is 9.47 Å². The van der Waals surface area contributed by atoms with Crippen LogP contribution in [0.5, 0.6) is 5.75 Å². The van der Waals surface area contributed by atoms with Crippen LogP contribution in [0.4, 0.5) is 0 Å². The Morgan fingerprint density at radius 2 is 1.90 bits per heavy atom. The molecule has 0 bridgehead atoms. The van der Waals surface area contributed by atoms with Crippen LogP contribution in [-0.2, 0) is 9.53 Å². The summed E-state index contributed by atoms with van der Waals surface area (Å²) in [4.78, 5) is 11.5. The normalized spacial score (nSPS) is 11.0. The molecule has 2 aromatic carbocycles. The van der Waals surface area contributed by atoms with Gasteiger partial charge >= 0.3 is 5.97 Å².